The topological polar surface area (TPSA) is 203 Å². The van der Waals surface area contributed by atoms with Crippen LogP contribution < -0.4 is 36.0 Å². The van der Waals surface area contributed by atoms with Crippen molar-refractivity contribution in [2.75, 3.05) is 63.0 Å². The average molecular weight is 926 g/mol. The molecule has 0 aliphatic carbocycles. The van der Waals surface area contributed by atoms with E-state index in [-0.39, 0.29) is 81.4 Å². The number of alkyl halides is 4. The van der Waals surface area contributed by atoms with E-state index >= 15 is 0 Å². The van der Waals surface area contributed by atoms with Gasteiger partial charge in [-0.15, -0.1) is 12.4 Å². The molecule has 4 aromatic heterocycles. The first-order valence-electron chi connectivity index (χ1n) is 18.8. The number of halogens is 5. The molecule has 336 valence electrons. The number of nitrogens with zero attached hydrogens (tertiary/aromatic N) is 8. The number of amides is 4. The number of carbonyl (C=O) groups excluding carboxylic acids is 3. The maximum absolute atomic E-state index is 13.1. The summed E-state index contributed by atoms with van der Waals surface area (Å²) in [6.07, 6.45) is 3.92. The number of carboxylic acid groups (broad SMARTS) is 1. The fourth-order valence-corrected chi connectivity index (χ4v) is 6.89. The number of Topliss-reactive ketones (excluding diaryl/α,β-unsaturated/α-hetero) is 1. The molecule has 8 heterocycles. The first kappa shape index (κ1) is 50.9. The van der Waals surface area contributed by atoms with Crippen LogP contribution in [0.2, 0.25) is 0 Å². The number of rotatable bonds is 8. The van der Waals surface area contributed by atoms with E-state index in [1.54, 1.807) is 76.8 Å². The molecule has 5 N–H and O–H groups in total. The maximum atomic E-state index is 13.1. The fraction of sp³-hybridized carbons (Fsp3) is 0.385. The second-order valence-electron chi connectivity index (χ2n) is 14.5. The second-order valence-corrected chi connectivity index (χ2v) is 14.5. The third-order valence-corrected chi connectivity index (χ3v) is 9.80. The highest BCUT2D eigenvalue weighted by atomic mass is 35.5. The predicted molar refractivity (Wildman–Crippen MR) is 240 cm³/mol. The van der Waals surface area contributed by atoms with Crippen molar-refractivity contribution in [3.63, 3.8) is 0 Å². The van der Waals surface area contributed by atoms with E-state index < -0.39 is 36.6 Å². The molecular weight excluding hydrogens is 878 g/mol. The van der Waals surface area contributed by atoms with E-state index in [4.69, 9.17) is 0 Å². The Balaban J connectivity index is 0.000000283. The molecule has 4 amide bonds. The number of ketones is 1. The van der Waals surface area contributed by atoms with Gasteiger partial charge >= 0.3 is 18.0 Å². The molecule has 8 rings (SSSR count). The van der Waals surface area contributed by atoms with E-state index in [0.717, 1.165) is 57.7 Å². The number of fused-ring (bicyclic) bond motifs is 8. The monoisotopic (exact) mass is 925 g/mol. The number of aromatic nitrogens is 4. The van der Waals surface area contributed by atoms with Gasteiger partial charge < -0.3 is 20.6 Å². The Morgan fingerprint density at radius 3 is 1.55 bits per heavy atom. The van der Waals surface area contributed by atoms with Crippen molar-refractivity contribution in [1.29, 1.82) is 0 Å². The molecule has 2 saturated heterocycles. The molecule has 4 aliphatic heterocycles. The van der Waals surface area contributed by atoms with Crippen molar-refractivity contribution in [3.05, 3.63) is 84.4 Å². The van der Waals surface area contributed by atoms with Gasteiger partial charge in [-0.05, 0) is 68.3 Å². The van der Waals surface area contributed by atoms with E-state index in [1.807, 2.05) is 0 Å². The Labute approximate surface area is 375 Å². The van der Waals surface area contributed by atoms with Gasteiger partial charge in [0.25, 0.3) is 5.92 Å². The van der Waals surface area contributed by atoms with Crippen LogP contribution in [-0.4, -0.2) is 106 Å². The van der Waals surface area contributed by atoms with Crippen molar-refractivity contribution in [1.82, 2.24) is 19.9 Å². The zero-order chi connectivity index (χ0) is 42.5. The summed E-state index contributed by atoms with van der Waals surface area (Å²) in [4.78, 5) is 73.5. The molecule has 0 unspecified atom stereocenters. The SMILES string of the molecule is CC(F)(F)CCC(=O)c1ccc2c(n1)N(C(=O)Nc1ccccn1)[C@H]1CCN2C1.CC(F)(F)CN.Cl.O=C(O)c1ccc2c(n1)N(C(=O)Nc1ccccn1)[C@H]1CCN2C1.S.S. The lowest BCUT2D eigenvalue weighted by Crippen LogP contribution is -2.48. The van der Waals surface area contributed by atoms with Gasteiger partial charge in [0.2, 0.25) is 5.92 Å². The van der Waals surface area contributed by atoms with E-state index in [9.17, 15) is 41.8 Å². The number of hydrogen-bond donors (Lipinski definition) is 4. The number of anilines is 6. The van der Waals surface area contributed by atoms with Crippen LogP contribution in [-0.2, 0) is 0 Å². The van der Waals surface area contributed by atoms with Gasteiger partial charge in [-0.1, -0.05) is 12.1 Å². The summed E-state index contributed by atoms with van der Waals surface area (Å²) in [5, 5.41) is 14.7. The number of aromatic carboxylic acids is 1. The Kier molecular flexibility index (Phi) is 17.7. The smallest absolute Gasteiger partial charge is 0.354 e. The lowest BCUT2D eigenvalue weighted by atomic mass is 10.1. The molecular formula is C39H48ClF4N11O5S2. The number of hydrogen-bond acceptors (Lipinski definition) is 11. The number of pyridine rings is 4. The minimum Gasteiger partial charge on any atom is -0.477 e. The van der Waals surface area contributed by atoms with Gasteiger partial charge in [-0.25, -0.2) is 51.9 Å². The number of carbonyl (C=O) groups is 4. The molecule has 0 radical (unpaired) electrons. The summed E-state index contributed by atoms with van der Waals surface area (Å²) in [6, 6.07) is 16.1. The molecule has 2 fully saturated rings. The Morgan fingerprint density at radius 2 is 1.16 bits per heavy atom. The summed E-state index contributed by atoms with van der Waals surface area (Å²) in [7, 11) is 0. The highest BCUT2D eigenvalue weighted by Gasteiger charge is 2.42. The lowest BCUT2D eigenvalue weighted by Gasteiger charge is -2.35. The van der Waals surface area contributed by atoms with Crippen LogP contribution in [0, 0.1) is 0 Å². The standard InChI is InChI=1S/C20H21F2N5O2.C16H15N5O3.C3H7F2N.ClH.2H2S/c1-20(21,22)9-7-16(28)14-5-6-15-18(24-14)27(13-8-11-26(15)12-13)19(29)25-17-4-2-3-10-23-17;22-15(23)11-4-5-12-14(18-11)21(10-6-8-20(12)9-10)16(24)19-13-3-1-2-7-17-13;1-3(4,5)2-6;;;/h2-6,10,13H,7-9,11-12H2,1H3,(H,23,25,29);1-5,7,10H,6,8-9H2,(H,22,23)(H,17,19,24);2,6H2,1H3;1H;2*1H2/t13-;10-;;;;/m00..../s1. The highest BCUT2D eigenvalue weighted by Crippen LogP contribution is 2.40. The normalized spacial score (nSPS) is 16.6. The minimum absolute atomic E-state index is 0. The summed E-state index contributed by atoms with van der Waals surface area (Å²) in [5.74, 6) is -5.55. The molecule has 4 aliphatic rings. The Bertz CT molecular complexity index is 2180. The molecule has 16 nitrogen and oxygen atoms in total. The van der Waals surface area contributed by atoms with Crippen LogP contribution in [0.1, 0.15) is 60.5 Å². The molecule has 4 aromatic rings. The van der Waals surface area contributed by atoms with Crippen LogP contribution in [0.25, 0.3) is 0 Å². The van der Waals surface area contributed by atoms with Gasteiger partial charge in [-0.2, -0.15) is 27.0 Å². The average Bonchev–Trinajstić information content (AvgIpc) is 3.82. The van der Waals surface area contributed by atoms with Crippen LogP contribution in [0.4, 0.5) is 61.8 Å². The van der Waals surface area contributed by atoms with Crippen molar-refractivity contribution in [3.8, 4) is 0 Å². The summed E-state index contributed by atoms with van der Waals surface area (Å²) in [6.45, 7) is 4.01. The van der Waals surface area contributed by atoms with E-state index in [1.165, 1.54) is 6.07 Å². The van der Waals surface area contributed by atoms with Gasteiger partial charge in [-0.3, -0.25) is 25.2 Å². The van der Waals surface area contributed by atoms with Crippen molar-refractivity contribution < 1.29 is 41.8 Å². The first-order chi connectivity index (χ1) is 28.0. The largest absolute Gasteiger partial charge is 0.477 e. The molecule has 0 spiro atoms. The van der Waals surface area contributed by atoms with Gasteiger partial charge in [0.15, 0.2) is 23.1 Å². The predicted octanol–water partition coefficient (Wildman–Crippen LogP) is 6.78. The zero-order valence-electron chi connectivity index (χ0n) is 33.6. The molecule has 2 atom stereocenters. The van der Waals surface area contributed by atoms with Gasteiger partial charge in [0.1, 0.15) is 17.3 Å². The molecule has 23 heteroatoms. The molecule has 0 saturated carbocycles. The molecule has 62 heavy (non-hydrogen) atoms. The molecule has 0 aromatic carbocycles. The fourth-order valence-electron chi connectivity index (χ4n) is 6.89. The quantitative estimate of drug-likeness (QED) is 0.107. The van der Waals surface area contributed by atoms with Crippen LogP contribution >= 0.6 is 39.4 Å². The summed E-state index contributed by atoms with van der Waals surface area (Å²) in [5.41, 5.74) is 6.11. The summed E-state index contributed by atoms with van der Waals surface area (Å²) < 4.78 is 48.9. The summed E-state index contributed by atoms with van der Waals surface area (Å²) >= 11 is 0. The van der Waals surface area contributed by atoms with Crippen molar-refractivity contribution in [2.24, 2.45) is 5.73 Å². The third kappa shape index (κ3) is 12.6. The highest BCUT2D eigenvalue weighted by molar-refractivity contribution is 7.59. The van der Waals surface area contributed by atoms with Crippen molar-refractivity contribution in [2.45, 2.75) is 63.5 Å². The second kappa shape index (κ2) is 21.6. The van der Waals surface area contributed by atoms with E-state index in [2.05, 4.69) is 46.1 Å². The number of nitrogens with one attached hydrogen (secondary N) is 2. The first-order valence-corrected chi connectivity index (χ1v) is 18.8. The maximum Gasteiger partial charge on any atom is 0.354 e. The van der Waals surface area contributed by atoms with Crippen molar-refractivity contribution >= 4 is 97.9 Å². The van der Waals surface area contributed by atoms with Crippen LogP contribution in [0.3, 0.4) is 0 Å². The number of urea groups is 2. The van der Waals surface area contributed by atoms with Gasteiger partial charge in [0, 0.05) is 58.3 Å². The minimum atomic E-state index is -2.91. The Morgan fingerprint density at radius 1 is 0.726 bits per heavy atom. The lowest BCUT2D eigenvalue weighted by molar-refractivity contribution is 0.0112. The number of carboxylic acids is 1. The third-order valence-electron chi connectivity index (χ3n) is 9.80. The van der Waals surface area contributed by atoms with Crippen LogP contribution in [0.5, 0.6) is 0 Å². The number of nitrogens with two attached hydrogens (primary N) is 1. The van der Waals surface area contributed by atoms with Crippen LogP contribution in [0.15, 0.2) is 73.1 Å². The zero-order valence-corrected chi connectivity index (χ0v) is 36.4. The van der Waals surface area contributed by atoms with E-state index in [0.29, 0.717) is 29.8 Å². The molecule has 4 bridgehead atoms. The van der Waals surface area contributed by atoms with Gasteiger partial charge in [0.05, 0.1) is 30.0 Å². The Hall–Kier alpha value is -5.45.